The van der Waals surface area contributed by atoms with Crippen LogP contribution in [0.15, 0.2) is 35.0 Å². The first-order valence-corrected chi connectivity index (χ1v) is 6.88. The molecule has 0 saturated carbocycles. The van der Waals surface area contributed by atoms with Crippen molar-refractivity contribution in [3.8, 4) is 0 Å². The van der Waals surface area contributed by atoms with Crippen molar-refractivity contribution in [2.45, 2.75) is 26.3 Å². The largest absolute Gasteiger partial charge is 0.478 e. The highest BCUT2D eigenvalue weighted by molar-refractivity contribution is 6.17. The van der Waals surface area contributed by atoms with E-state index in [4.69, 9.17) is 4.42 Å². The number of aliphatic carboxylic acids is 1. The highest BCUT2D eigenvalue weighted by Crippen LogP contribution is 2.30. The molecule has 2 aromatic rings. The Morgan fingerprint density at radius 3 is 2.86 bits per heavy atom. The van der Waals surface area contributed by atoms with Crippen molar-refractivity contribution in [3.63, 3.8) is 0 Å². The van der Waals surface area contributed by atoms with E-state index in [1.807, 2.05) is 13.0 Å². The Morgan fingerprint density at radius 1 is 1.43 bits per heavy atom. The van der Waals surface area contributed by atoms with Gasteiger partial charge in [-0.3, -0.25) is 4.79 Å². The molecule has 2 aromatic heterocycles. The van der Waals surface area contributed by atoms with Gasteiger partial charge in [-0.2, -0.15) is 0 Å². The van der Waals surface area contributed by atoms with Crippen LogP contribution in [0.3, 0.4) is 0 Å². The topological polar surface area (TPSA) is 72.4 Å². The van der Waals surface area contributed by atoms with Gasteiger partial charge in [-0.25, -0.2) is 4.79 Å². The van der Waals surface area contributed by atoms with Crippen molar-refractivity contribution in [2.75, 3.05) is 0 Å². The Hall–Kier alpha value is -2.56. The fourth-order valence-corrected chi connectivity index (χ4v) is 2.75. The first-order valence-electron chi connectivity index (χ1n) is 6.88. The number of rotatable bonds is 5. The molecule has 0 spiro atoms. The molecule has 0 fully saturated rings. The van der Waals surface area contributed by atoms with E-state index in [1.165, 1.54) is 6.26 Å². The summed E-state index contributed by atoms with van der Waals surface area (Å²) in [4.78, 5) is 23.9. The molecule has 0 radical (unpaired) electrons. The second-order valence-corrected chi connectivity index (χ2v) is 4.99. The summed E-state index contributed by atoms with van der Waals surface area (Å²) in [6.45, 7) is 2.43. The molecule has 0 aromatic carbocycles. The van der Waals surface area contributed by atoms with Crippen LogP contribution in [-0.4, -0.2) is 21.4 Å². The van der Waals surface area contributed by atoms with Crippen LogP contribution in [0.4, 0.5) is 0 Å². The molecule has 3 heterocycles. The van der Waals surface area contributed by atoms with Crippen LogP contribution in [-0.2, 0) is 17.8 Å². The molecule has 0 amide bonds. The summed E-state index contributed by atoms with van der Waals surface area (Å²) in [5, 5.41) is 9.23. The summed E-state index contributed by atoms with van der Waals surface area (Å²) in [6.07, 6.45) is 4.70. The van der Waals surface area contributed by atoms with E-state index in [9.17, 15) is 14.7 Å². The van der Waals surface area contributed by atoms with Crippen LogP contribution in [0.1, 0.15) is 40.9 Å². The Kier molecular flexibility index (Phi) is 3.25. The van der Waals surface area contributed by atoms with Crippen LogP contribution in [0.25, 0.3) is 5.57 Å². The maximum atomic E-state index is 12.6. The number of aryl methyl sites for hydroxylation is 1. The van der Waals surface area contributed by atoms with E-state index in [0.717, 1.165) is 18.4 Å². The normalized spacial score (nSPS) is 13.1. The van der Waals surface area contributed by atoms with Gasteiger partial charge >= 0.3 is 5.97 Å². The predicted octanol–water partition coefficient (Wildman–Crippen LogP) is 2.75. The van der Waals surface area contributed by atoms with Crippen molar-refractivity contribution in [1.82, 2.24) is 4.57 Å². The van der Waals surface area contributed by atoms with E-state index >= 15 is 0 Å². The highest BCUT2D eigenvalue weighted by Gasteiger charge is 2.29. The summed E-state index contributed by atoms with van der Waals surface area (Å²) in [5.74, 6) is -0.891. The van der Waals surface area contributed by atoms with E-state index in [-0.39, 0.29) is 17.1 Å². The third kappa shape index (κ3) is 2.11. The number of aromatic nitrogens is 1. The number of carboxylic acid groups (broad SMARTS) is 1. The minimum absolute atomic E-state index is 0.199. The predicted molar refractivity (Wildman–Crippen MR) is 76.2 cm³/mol. The van der Waals surface area contributed by atoms with E-state index in [2.05, 4.69) is 0 Å². The number of furan rings is 1. The number of allylic oxidation sites excluding steroid dienone is 1. The quantitative estimate of drug-likeness (QED) is 0.857. The molecule has 1 aliphatic heterocycles. The van der Waals surface area contributed by atoms with Crippen molar-refractivity contribution in [2.24, 2.45) is 0 Å². The second kappa shape index (κ2) is 5.09. The van der Waals surface area contributed by atoms with Crippen LogP contribution < -0.4 is 0 Å². The summed E-state index contributed by atoms with van der Waals surface area (Å²) in [6, 6.07) is 5.10. The van der Waals surface area contributed by atoms with Crippen LogP contribution in [0, 0.1) is 0 Å². The summed E-state index contributed by atoms with van der Waals surface area (Å²) in [7, 11) is 0. The van der Waals surface area contributed by atoms with Crippen molar-refractivity contribution in [1.29, 1.82) is 0 Å². The standard InChI is InChI=1S/C16H15NO4/c1-2-4-10-9-12-11(16(19)20)6-7-17(12)14(10)15(18)13-5-3-8-21-13/h3,5-6,8-9H,2,4,7H2,1H3,(H,19,20). The Bertz CT molecular complexity index is 735. The van der Waals surface area contributed by atoms with Gasteiger partial charge in [0.05, 0.1) is 23.2 Å². The maximum absolute atomic E-state index is 12.6. The van der Waals surface area contributed by atoms with Gasteiger partial charge in [0.25, 0.3) is 0 Å². The van der Waals surface area contributed by atoms with Gasteiger partial charge in [0.2, 0.25) is 5.78 Å². The first kappa shape index (κ1) is 13.4. The third-order valence-corrected chi connectivity index (χ3v) is 3.64. The molecule has 5 nitrogen and oxygen atoms in total. The molecule has 5 heteroatoms. The van der Waals surface area contributed by atoms with Gasteiger partial charge in [-0.05, 0) is 36.3 Å². The van der Waals surface area contributed by atoms with Gasteiger partial charge in [0.15, 0.2) is 5.76 Å². The number of carbonyl (C=O) groups excluding carboxylic acids is 1. The SMILES string of the molecule is CCCc1cc2n(c1C(=O)c1ccco1)CC=C2C(=O)O. The number of carbonyl (C=O) groups is 2. The zero-order valence-electron chi connectivity index (χ0n) is 11.6. The lowest BCUT2D eigenvalue weighted by molar-refractivity contribution is -0.130. The molecule has 0 atom stereocenters. The molecule has 0 aliphatic carbocycles. The van der Waals surface area contributed by atoms with E-state index in [0.29, 0.717) is 17.9 Å². The number of hydrogen-bond donors (Lipinski definition) is 1. The number of hydrogen-bond acceptors (Lipinski definition) is 3. The van der Waals surface area contributed by atoms with Gasteiger partial charge in [0, 0.05) is 6.54 Å². The smallest absolute Gasteiger partial charge is 0.337 e. The van der Waals surface area contributed by atoms with Crippen LogP contribution >= 0.6 is 0 Å². The minimum atomic E-state index is -0.966. The lowest BCUT2D eigenvalue weighted by Crippen LogP contribution is -2.11. The molecule has 0 unspecified atom stereocenters. The highest BCUT2D eigenvalue weighted by atomic mass is 16.4. The van der Waals surface area contributed by atoms with Gasteiger partial charge in [-0.1, -0.05) is 13.3 Å². The fraction of sp³-hybridized carbons (Fsp3) is 0.250. The zero-order chi connectivity index (χ0) is 15.0. The molecule has 1 N–H and O–H groups in total. The number of nitrogens with zero attached hydrogens (tertiary/aromatic N) is 1. The van der Waals surface area contributed by atoms with Gasteiger partial charge in [-0.15, -0.1) is 0 Å². The molecule has 108 valence electrons. The first-order chi connectivity index (χ1) is 10.1. The molecule has 3 rings (SSSR count). The monoisotopic (exact) mass is 285 g/mol. The van der Waals surface area contributed by atoms with Crippen LogP contribution in [0.5, 0.6) is 0 Å². The molecular formula is C16H15NO4. The van der Waals surface area contributed by atoms with Gasteiger partial charge < -0.3 is 14.1 Å². The number of ketones is 1. The lowest BCUT2D eigenvalue weighted by Gasteiger charge is -2.06. The van der Waals surface area contributed by atoms with E-state index < -0.39 is 5.97 Å². The Morgan fingerprint density at radius 2 is 2.24 bits per heavy atom. The van der Waals surface area contributed by atoms with Crippen molar-refractivity contribution >= 4 is 17.3 Å². The summed E-state index contributed by atoms with van der Waals surface area (Å²) < 4.78 is 6.95. The molecule has 0 bridgehead atoms. The number of fused-ring (bicyclic) bond motifs is 1. The maximum Gasteiger partial charge on any atom is 0.337 e. The average molecular weight is 285 g/mol. The molecule has 1 aliphatic rings. The fourth-order valence-electron chi connectivity index (χ4n) is 2.75. The lowest BCUT2D eigenvalue weighted by atomic mass is 10.1. The summed E-state index contributed by atoms with van der Waals surface area (Å²) >= 11 is 0. The third-order valence-electron chi connectivity index (χ3n) is 3.64. The summed E-state index contributed by atoms with van der Waals surface area (Å²) in [5.41, 5.74) is 2.27. The van der Waals surface area contributed by atoms with Crippen molar-refractivity contribution in [3.05, 3.63) is 53.2 Å². The zero-order valence-corrected chi connectivity index (χ0v) is 11.6. The minimum Gasteiger partial charge on any atom is -0.478 e. The molecule has 21 heavy (non-hydrogen) atoms. The average Bonchev–Trinajstić information content (AvgIpc) is 3.13. The van der Waals surface area contributed by atoms with Crippen molar-refractivity contribution < 1.29 is 19.1 Å². The molecule has 0 saturated heterocycles. The number of carboxylic acids is 1. The second-order valence-electron chi connectivity index (χ2n) is 4.99. The Balaban J connectivity index is 2.11. The van der Waals surface area contributed by atoms with E-state index in [1.54, 1.807) is 22.8 Å². The van der Waals surface area contributed by atoms with Crippen LogP contribution in [0.2, 0.25) is 0 Å². The van der Waals surface area contributed by atoms with Gasteiger partial charge in [0.1, 0.15) is 0 Å². The molecular weight excluding hydrogens is 270 g/mol. The Labute approximate surface area is 121 Å².